The molecule has 2 N–H and O–H groups in total. The fourth-order valence-corrected chi connectivity index (χ4v) is 2.90. The van der Waals surface area contributed by atoms with Gasteiger partial charge in [-0.05, 0) is 39.2 Å². The Hall–Kier alpha value is -1.36. The lowest BCUT2D eigenvalue weighted by Gasteiger charge is -2.19. The van der Waals surface area contributed by atoms with Gasteiger partial charge in [-0.2, -0.15) is 0 Å². The zero-order valence-electron chi connectivity index (χ0n) is 14.0. The van der Waals surface area contributed by atoms with Gasteiger partial charge in [0.15, 0.2) is 0 Å². The molecule has 0 radical (unpaired) electrons. The molecule has 0 aliphatic carbocycles. The minimum Gasteiger partial charge on any atom is -0.337 e. The largest absolute Gasteiger partial charge is 0.337 e. The number of carbonyl (C=O) groups excluding carboxylic acids is 1. The number of hydrogen-bond donors (Lipinski definition) is 2. The van der Waals surface area contributed by atoms with Gasteiger partial charge in [0.25, 0.3) is 0 Å². The average molecular weight is 324 g/mol. The number of urea groups is 1. The third kappa shape index (κ3) is 7.07. The van der Waals surface area contributed by atoms with Crippen molar-refractivity contribution in [2.75, 3.05) is 12.3 Å². The first-order valence-electron chi connectivity index (χ1n) is 7.79. The molecule has 0 bridgehead atoms. The number of hydrogen-bond acceptors (Lipinski definition) is 2. The molecule has 0 aliphatic heterocycles. The van der Waals surface area contributed by atoms with Gasteiger partial charge < -0.3 is 10.6 Å². The summed E-state index contributed by atoms with van der Waals surface area (Å²) in [7, 11) is -0.942. The Morgan fingerprint density at radius 1 is 1.23 bits per heavy atom. The molecule has 1 aromatic rings. The first-order chi connectivity index (χ1) is 10.3. The molecule has 0 unspecified atom stereocenters. The Morgan fingerprint density at radius 2 is 1.86 bits per heavy atom. The molecule has 2 amide bonds. The van der Waals surface area contributed by atoms with Crippen LogP contribution in [0.3, 0.4) is 0 Å². The zero-order chi connectivity index (χ0) is 16.6. The van der Waals surface area contributed by atoms with Crippen LogP contribution in [0.25, 0.3) is 0 Å². The molecule has 0 saturated heterocycles. The highest BCUT2D eigenvalue weighted by Gasteiger charge is 2.19. The van der Waals surface area contributed by atoms with Crippen molar-refractivity contribution in [3.05, 3.63) is 35.9 Å². The monoisotopic (exact) mass is 324 g/mol. The van der Waals surface area contributed by atoms with Crippen molar-refractivity contribution in [2.45, 2.75) is 51.3 Å². The van der Waals surface area contributed by atoms with Gasteiger partial charge in [0, 0.05) is 33.9 Å². The molecule has 0 spiro atoms. The lowest BCUT2D eigenvalue weighted by Crippen LogP contribution is -2.44. The minimum atomic E-state index is -0.942. The Morgan fingerprint density at radius 3 is 2.41 bits per heavy atom. The third-order valence-electron chi connectivity index (χ3n) is 3.41. The van der Waals surface area contributed by atoms with Crippen molar-refractivity contribution in [3.63, 3.8) is 0 Å². The van der Waals surface area contributed by atoms with Gasteiger partial charge in [-0.3, -0.25) is 4.21 Å². The summed E-state index contributed by atoms with van der Waals surface area (Å²) in [5, 5.41) is 5.77. The highest BCUT2D eigenvalue weighted by atomic mass is 32.2. The summed E-state index contributed by atoms with van der Waals surface area (Å²) < 4.78 is 11.7. The molecule has 0 aromatic heterocycles. The van der Waals surface area contributed by atoms with Crippen molar-refractivity contribution >= 4 is 16.8 Å². The molecule has 22 heavy (non-hydrogen) atoms. The molecule has 124 valence electrons. The quantitative estimate of drug-likeness (QED) is 0.810. The molecule has 0 aliphatic rings. The van der Waals surface area contributed by atoms with E-state index in [0.717, 1.165) is 12.8 Å². The van der Waals surface area contributed by atoms with Gasteiger partial charge >= 0.3 is 6.03 Å². The maximum atomic E-state index is 11.9. The van der Waals surface area contributed by atoms with Gasteiger partial charge in [0.05, 0.1) is 0 Å². The number of carbonyl (C=O) groups is 1. The summed E-state index contributed by atoms with van der Waals surface area (Å²) in [5.74, 6) is 0.479. The fourth-order valence-electron chi connectivity index (χ4n) is 2.00. The summed E-state index contributed by atoms with van der Waals surface area (Å²) in [6, 6.07) is 10.0. The normalized spacial score (nSPS) is 14.2. The molecule has 4 nitrogen and oxygen atoms in total. The van der Waals surface area contributed by atoms with E-state index in [4.69, 9.17) is 0 Å². The third-order valence-corrected chi connectivity index (χ3v) is 5.35. The smallest absolute Gasteiger partial charge is 0.315 e. The topological polar surface area (TPSA) is 58.2 Å². The summed E-state index contributed by atoms with van der Waals surface area (Å²) in [5.41, 5.74) is 1.21. The highest BCUT2D eigenvalue weighted by molar-refractivity contribution is 7.86. The van der Waals surface area contributed by atoms with E-state index in [1.807, 2.05) is 39.0 Å². The van der Waals surface area contributed by atoms with Gasteiger partial charge in [0.1, 0.15) is 0 Å². The second-order valence-electron chi connectivity index (χ2n) is 6.36. The Kier molecular flexibility index (Phi) is 7.59. The van der Waals surface area contributed by atoms with Crippen LogP contribution in [0, 0.1) is 0 Å². The lowest BCUT2D eigenvalue weighted by atomic mass is 10.0. The molecule has 2 atom stereocenters. The van der Waals surface area contributed by atoms with Crippen LogP contribution in [0.1, 0.15) is 39.7 Å². The summed E-state index contributed by atoms with van der Waals surface area (Å²) >= 11 is 0. The molecule has 5 heteroatoms. The van der Waals surface area contributed by atoms with Gasteiger partial charge in [0.2, 0.25) is 0 Å². The zero-order valence-corrected chi connectivity index (χ0v) is 14.8. The summed E-state index contributed by atoms with van der Waals surface area (Å²) in [6.45, 7) is 8.31. The van der Waals surface area contributed by atoms with Crippen molar-refractivity contribution < 1.29 is 9.00 Å². The lowest BCUT2D eigenvalue weighted by molar-refractivity contribution is 0.237. The van der Waals surface area contributed by atoms with Gasteiger partial charge in [-0.1, -0.05) is 37.3 Å². The summed E-state index contributed by atoms with van der Waals surface area (Å²) in [4.78, 5) is 11.9. The Bertz CT molecular complexity index is 483. The predicted molar refractivity (Wildman–Crippen MR) is 93.5 cm³/mol. The molecule has 0 heterocycles. The van der Waals surface area contributed by atoms with E-state index in [9.17, 15) is 9.00 Å². The first-order valence-corrected chi connectivity index (χ1v) is 9.11. The molecule has 1 aromatic carbocycles. The van der Waals surface area contributed by atoms with E-state index in [-0.39, 0.29) is 16.8 Å². The average Bonchev–Trinajstić information content (AvgIpc) is 2.46. The van der Waals surface area contributed by atoms with Crippen molar-refractivity contribution in [2.24, 2.45) is 0 Å². The maximum absolute atomic E-state index is 11.9. The second-order valence-corrected chi connectivity index (χ2v) is 8.68. The van der Waals surface area contributed by atoms with Crippen LogP contribution in [-0.2, 0) is 17.2 Å². The van der Waals surface area contributed by atoms with E-state index < -0.39 is 10.8 Å². The highest BCUT2D eigenvalue weighted by Crippen LogP contribution is 2.10. The maximum Gasteiger partial charge on any atom is 0.315 e. The SMILES string of the molecule is CC[C@H](Cc1ccccc1)NC(=O)NCC[S@@](=O)C(C)(C)C. The van der Waals surface area contributed by atoms with Gasteiger partial charge in [-0.25, -0.2) is 4.79 Å². The van der Waals surface area contributed by atoms with E-state index in [0.29, 0.717) is 12.3 Å². The number of nitrogens with one attached hydrogen (secondary N) is 2. The van der Waals surface area contributed by atoms with Crippen LogP contribution in [0.15, 0.2) is 30.3 Å². The Labute approximate surface area is 136 Å². The Balaban J connectivity index is 2.35. The first kappa shape index (κ1) is 18.7. The van der Waals surface area contributed by atoms with E-state index in [1.165, 1.54) is 5.56 Å². The van der Waals surface area contributed by atoms with Crippen molar-refractivity contribution in [1.82, 2.24) is 10.6 Å². The minimum absolute atomic E-state index is 0.107. The van der Waals surface area contributed by atoms with E-state index >= 15 is 0 Å². The van der Waals surface area contributed by atoms with Crippen LogP contribution < -0.4 is 10.6 Å². The van der Waals surface area contributed by atoms with Crippen molar-refractivity contribution in [1.29, 1.82) is 0 Å². The van der Waals surface area contributed by atoms with Crippen LogP contribution >= 0.6 is 0 Å². The van der Waals surface area contributed by atoms with Crippen LogP contribution in [0.2, 0.25) is 0 Å². The molecular weight excluding hydrogens is 296 g/mol. The van der Waals surface area contributed by atoms with Crippen molar-refractivity contribution in [3.8, 4) is 0 Å². The standard InChI is InChI=1S/C17H28N2O2S/c1-5-15(13-14-9-7-6-8-10-14)19-16(20)18-11-12-22(21)17(2,3)4/h6-10,15H,5,11-13H2,1-4H3,(H2,18,19,20)/t15-,22-/m1/s1. The van der Waals surface area contributed by atoms with E-state index in [2.05, 4.69) is 29.7 Å². The number of amides is 2. The van der Waals surface area contributed by atoms with Gasteiger partial charge in [-0.15, -0.1) is 0 Å². The second kappa shape index (κ2) is 8.93. The molecule has 1 rings (SSSR count). The molecule has 0 saturated carbocycles. The molecule has 0 fully saturated rings. The van der Waals surface area contributed by atoms with Crippen LogP contribution in [0.4, 0.5) is 4.79 Å². The summed E-state index contributed by atoms with van der Waals surface area (Å²) in [6.07, 6.45) is 1.69. The van der Waals surface area contributed by atoms with Crippen LogP contribution in [-0.4, -0.2) is 33.3 Å². The predicted octanol–water partition coefficient (Wildman–Crippen LogP) is 2.85. The number of rotatable bonds is 7. The molecular formula is C17H28N2O2S. The fraction of sp³-hybridized carbons (Fsp3) is 0.588. The number of benzene rings is 1. The van der Waals surface area contributed by atoms with Crippen LogP contribution in [0.5, 0.6) is 0 Å². The van der Waals surface area contributed by atoms with E-state index in [1.54, 1.807) is 0 Å².